The van der Waals surface area contributed by atoms with E-state index in [1.165, 1.54) is 49.5 Å². The van der Waals surface area contributed by atoms with Gasteiger partial charge in [-0.3, -0.25) is 19.2 Å². The number of aliphatic hydroxyl groups excluding tert-OH is 1. The first-order chi connectivity index (χ1) is 27.5. The highest BCUT2D eigenvalue weighted by Crippen LogP contribution is 2.38. The molecule has 1 saturated heterocycles. The molecule has 0 spiro atoms. The maximum atomic E-state index is 13.7. The summed E-state index contributed by atoms with van der Waals surface area (Å²) in [6, 6.07) is 0. The van der Waals surface area contributed by atoms with Gasteiger partial charge < -0.3 is 28.8 Å². The number of aliphatic hydroxyl groups is 1. The van der Waals surface area contributed by atoms with E-state index in [0.29, 0.717) is 12.8 Å². The molecule has 2 aliphatic carbocycles. The zero-order chi connectivity index (χ0) is 43.1. The lowest BCUT2D eigenvalue weighted by Crippen LogP contribution is -2.42. The highest BCUT2D eigenvalue weighted by molar-refractivity contribution is 5.97. The van der Waals surface area contributed by atoms with Gasteiger partial charge in [0.25, 0.3) is 0 Å². The van der Waals surface area contributed by atoms with Crippen molar-refractivity contribution in [3.8, 4) is 0 Å². The second-order valence-corrected chi connectivity index (χ2v) is 16.8. The molecule has 1 fully saturated rings. The molecule has 1 heterocycles. The van der Waals surface area contributed by atoms with E-state index in [4.69, 9.17) is 23.7 Å². The van der Waals surface area contributed by atoms with Crippen LogP contribution in [0.4, 0.5) is 0 Å². The molecule has 0 bridgehead atoms. The van der Waals surface area contributed by atoms with Crippen LogP contribution in [0.15, 0.2) is 81.6 Å². The molecule has 1 N–H and O–H groups in total. The normalized spacial score (nSPS) is 27.8. The van der Waals surface area contributed by atoms with Crippen molar-refractivity contribution in [2.75, 3.05) is 20.8 Å². The van der Waals surface area contributed by atoms with Crippen molar-refractivity contribution < 1.29 is 48.0 Å². The van der Waals surface area contributed by atoms with E-state index in [9.17, 15) is 24.3 Å². The van der Waals surface area contributed by atoms with Crippen molar-refractivity contribution in [3.63, 3.8) is 0 Å². The molecule has 10 nitrogen and oxygen atoms in total. The summed E-state index contributed by atoms with van der Waals surface area (Å²) in [4.78, 5) is 50.2. The molecule has 8 unspecified atom stereocenters. The van der Waals surface area contributed by atoms with E-state index in [1.54, 1.807) is 0 Å². The summed E-state index contributed by atoms with van der Waals surface area (Å²) in [6.45, 7) is 17.5. The SMILES string of the molecule is COC1=CC(O)C(CC=C(C)CCC=C(C)CCC=C(C)COC2=C(OC)C(OC(C)=O)C(CC=C(C)CCC=C(C)CC3CC(C)C(=O)O3)C(C)C2=O)C(C)C1=O. The first-order valence-electron chi connectivity index (χ1n) is 21.1. The van der Waals surface area contributed by atoms with Crippen LogP contribution in [-0.4, -0.2) is 67.8 Å². The lowest BCUT2D eigenvalue weighted by molar-refractivity contribution is -0.154. The topological polar surface area (TPSA) is 135 Å². The third kappa shape index (κ3) is 14.3. The van der Waals surface area contributed by atoms with Crippen molar-refractivity contribution >= 4 is 23.5 Å². The Morgan fingerprint density at radius 3 is 1.81 bits per heavy atom. The van der Waals surface area contributed by atoms with Crippen LogP contribution < -0.4 is 0 Å². The zero-order valence-electron chi connectivity index (χ0n) is 37.0. The first-order valence-corrected chi connectivity index (χ1v) is 21.1. The molecule has 3 aliphatic rings. The minimum Gasteiger partial charge on any atom is -0.493 e. The highest BCUT2D eigenvalue weighted by Gasteiger charge is 2.45. The van der Waals surface area contributed by atoms with E-state index in [1.807, 2.05) is 27.7 Å². The second-order valence-electron chi connectivity index (χ2n) is 16.8. The average Bonchev–Trinajstić information content (AvgIpc) is 3.48. The molecule has 1 aliphatic heterocycles. The van der Waals surface area contributed by atoms with Crippen LogP contribution in [0.25, 0.3) is 0 Å². The third-order valence-electron chi connectivity index (χ3n) is 11.8. The second kappa shape index (κ2) is 23.4. The molecule has 10 heteroatoms. The number of methoxy groups -OCH3 is 2. The number of ketones is 2. The van der Waals surface area contributed by atoms with Gasteiger partial charge in [0.1, 0.15) is 12.7 Å². The Balaban J connectivity index is 1.52. The lowest BCUT2D eigenvalue weighted by Gasteiger charge is -2.36. The largest absolute Gasteiger partial charge is 0.493 e. The number of rotatable bonds is 21. The molecule has 3 rings (SSSR count). The molecule has 0 aromatic heterocycles. The molecule has 8 atom stereocenters. The number of hydrogen-bond acceptors (Lipinski definition) is 10. The molecule has 322 valence electrons. The van der Waals surface area contributed by atoms with Crippen molar-refractivity contribution in [2.24, 2.45) is 29.6 Å². The number of ether oxygens (including phenoxy) is 5. The summed E-state index contributed by atoms with van der Waals surface area (Å²) in [5.41, 5.74) is 5.87. The van der Waals surface area contributed by atoms with Gasteiger partial charge in [-0.05, 0) is 104 Å². The maximum Gasteiger partial charge on any atom is 0.309 e. The van der Waals surface area contributed by atoms with Crippen LogP contribution in [0.1, 0.15) is 127 Å². The summed E-state index contributed by atoms with van der Waals surface area (Å²) in [6.07, 6.45) is 18.8. The van der Waals surface area contributed by atoms with Crippen LogP contribution in [0.5, 0.6) is 0 Å². The van der Waals surface area contributed by atoms with Crippen LogP contribution in [-0.2, 0) is 42.9 Å². The van der Waals surface area contributed by atoms with Gasteiger partial charge in [0.2, 0.25) is 11.5 Å². The minimum absolute atomic E-state index is 0.0332. The van der Waals surface area contributed by atoms with Gasteiger partial charge in [-0.1, -0.05) is 73.4 Å². The summed E-state index contributed by atoms with van der Waals surface area (Å²) >= 11 is 0. The Labute approximate surface area is 347 Å². The fraction of sp³-hybridized carbons (Fsp3) is 0.625. The number of cyclic esters (lactones) is 1. The highest BCUT2D eigenvalue weighted by atomic mass is 16.6. The number of carbonyl (C=O) groups excluding carboxylic acids is 4. The zero-order valence-corrected chi connectivity index (χ0v) is 37.0. The predicted octanol–water partition coefficient (Wildman–Crippen LogP) is 9.55. The molecular formula is C48H70O10. The molecule has 0 aromatic carbocycles. The Kier molecular flexibility index (Phi) is 19.5. The van der Waals surface area contributed by atoms with Crippen molar-refractivity contribution in [1.82, 2.24) is 0 Å². The van der Waals surface area contributed by atoms with Crippen LogP contribution in [0.2, 0.25) is 0 Å². The lowest BCUT2D eigenvalue weighted by atomic mass is 9.77. The summed E-state index contributed by atoms with van der Waals surface area (Å²) in [5.74, 6) is -1.42. The Morgan fingerprint density at radius 1 is 0.741 bits per heavy atom. The summed E-state index contributed by atoms with van der Waals surface area (Å²) < 4.78 is 28.2. The molecule has 0 radical (unpaired) electrons. The average molecular weight is 807 g/mol. The van der Waals surface area contributed by atoms with Gasteiger partial charge in [-0.25, -0.2) is 0 Å². The van der Waals surface area contributed by atoms with Crippen LogP contribution >= 0.6 is 0 Å². The molecule has 0 aromatic rings. The van der Waals surface area contributed by atoms with Gasteiger partial charge >= 0.3 is 11.9 Å². The molecule has 0 amide bonds. The Morgan fingerprint density at radius 2 is 1.28 bits per heavy atom. The summed E-state index contributed by atoms with van der Waals surface area (Å²) in [7, 11) is 2.93. The third-order valence-corrected chi connectivity index (χ3v) is 11.8. The van der Waals surface area contributed by atoms with Crippen molar-refractivity contribution in [1.29, 1.82) is 0 Å². The van der Waals surface area contributed by atoms with Crippen LogP contribution in [0, 0.1) is 29.6 Å². The van der Waals surface area contributed by atoms with E-state index < -0.39 is 24.1 Å². The Bertz CT molecular complexity index is 1690. The number of allylic oxidation sites excluding steroid dienone is 10. The van der Waals surface area contributed by atoms with E-state index in [-0.39, 0.29) is 71.2 Å². The summed E-state index contributed by atoms with van der Waals surface area (Å²) in [5, 5.41) is 10.5. The number of carbonyl (C=O) groups is 4. The standard InChI is InChI=1S/C48H70O10/c1-29(15-12-17-30(2)21-23-39-35(7)43(51)42(54-10)27-41(39)50)16-14-20-33(5)28-56-46-44(52)36(8)40(45(47(46)55-11)57-37(9)49)24-22-31(3)18-13-19-32(4)25-38-26-34(6)48(53)58-38/h15,19-22,27,34-36,38-41,45,50H,12-14,16-18,23-26,28H2,1-11H3. The predicted molar refractivity (Wildman–Crippen MR) is 226 cm³/mol. The maximum absolute atomic E-state index is 13.7. The quantitative estimate of drug-likeness (QED) is 0.0883. The minimum atomic E-state index is -0.753. The smallest absolute Gasteiger partial charge is 0.309 e. The fourth-order valence-electron chi connectivity index (χ4n) is 7.95. The van der Waals surface area contributed by atoms with E-state index in [2.05, 4.69) is 58.1 Å². The van der Waals surface area contributed by atoms with Crippen molar-refractivity contribution in [2.45, 2.75) is 145 Å². The number of hydrogen-bond donors (Lipinski definition) is 1. The fourth-order valence-corrected chi connectivity index (χ4v) is 7.95. The van der Waals surface area contributed by atoms with Gasteiger partial charge in [-0.15, -0.1) is 0 Å². The Hall–Kier alpha value is -4.18. The first kappa shape index (κ1) is 48.2. The van der Waals surface area contributed by atoms with Gasteiger partial charge in [0, 0.05) is 37.0 Å². The van der Waals surface area contributed by atoms with E-state index >= 15 is 0 Å². The molecule has 0 saturated carbocycles. The number of esters is 2. The van der Waals surface area contributed by atoms with Gasteiger partial charge in [0.15, 0.2) is 23.4 Å². The van der Waals surface area contributed by atoms with Gasteiger partial charge in [0.05, 0.1) is 26.2 Å². The van der Waals surface area contributed by atoms with Gasteiger partial charge in [-0.2, -0.15) is 0 Å². The van der Waals surface area contributed by atoms with Crippen molar-refractivity contribution in [3.05, 3.63) is 81.6 Å². The monoisotopic (exact) mass is 806 g/mol. The molecule has 58 heavy (non-hydrogen) atoms. The molecular weight excluding hydrogens is 737 g/mol. The number of Topliss-reactive ketones (excluding diaryl/α,β-unsaturated/α-hetero) is 2. The van der Waals surface area contributed by atoms with E-state index in [0.717, 1.165) is 56.9 Å². The van der Waals surface area contributed by atoms with Crippen LogP contribution in [0.3, 0.4) is 0 Å².